The van der Waals surface area contributed by atoms with Crippen molar-refractivity contribution in [2.24, 2.45) is 11.7 Å². The number of amides is 1. The standard InChI is InChI=1S/C14H21N3O/c1-2-10(7-9-3-4-9)17-11-5-6-13(15)12(8-11)14(16)18/h5-6,8-10,17H,2-4,7,15H2,1H3,(H2,16,18). The normalized spacial score (nSPS) is 16.3. The van der Waals surface area contributed by atoms with Crippen LogP contribution in [0.1, 0.15) is 43.0 Å². The van der Waals surface area contributed by atoms with Crippen LogP contribution in [-0.2, 0) is 0 Å². The number of nitrogens with one attached hydrogen (secondary N) is 1. The van der Waals surface area contributed by atoms with Crippen LogP contribution in [0.3, 0.4) is 0 Å². The summed E-state index contributed by atoms with van der Waals surface area (Å²) < 4.78 is 0. The van der Waals surface area contributed by atoms with Gasteiger partial charge < -0.3 is 16.8 Å². The summed E-state index contributed by atoms with van der Waals surface area (Å²) >= 11 is 0. The summed E-state index contributed by atoms with van der Waals surface area (Å²) in [4.78, 5) is 11.2. The highest BCUT2D eigenvalue weighted by Gasteiger charge is 2.24. The molecule has 1 unspecified atom stereocenters. The Morgan fingerprint density at radius 2 is 2.22 bits per heavy atom. The van der Waals surface area contributed by atoms with Crippen molar-refractivity contribution < 1.29 is 4.79 Å². The minimum absolute atomic E-state index is 0.390. The Hall–Kier alpha value is -1.71. The first-order chi connectivity index (χ1) is 8.60. The van der Waals surface area contributed by atoms with Gasteiger partial charge in [-0.1, -0.05) is 19.8 Å². The molecule has 4 heteroatoms. The minimum Gasteiger partial charge on any atom is -0.398 e. The molecule has 1 aromatic rings. The molecule has 1 atom stereocenters. The van der Waals surface area contributed by atoms with E-state index in [1.165, 1.54) is 19.3 Å². The number of nitrogen functional groups attached to an aromatic ring is 1. The largest absolute Gasteiger partial charge is 0.398 e. The van der Waals surface area contributed by atoms with Gasteiger partial charge in [-0.25, -0.2) is 0 Å². The lowest BCUT2D eigenvalue weighted by Crippen LogP contribution is -2.20. The van der Waals surface area contributed by atoms with E-state index in [-0.39, 0.29) is 0 Å². The van der Waals surface area contributed by atoms with Crippen molar-refractivity contribution in [3.05, 3.63) is 23.8 Å². The van der Waals surface area contributed by atoms with Gasteiger partial charge in [0.25, 0.3) is 5.91 Å². The predicted molar refractivity (Wildman–Crippen MR) is 74.4 cm³/mol. The zero-order chi connectivity index (χ0) is 13.1. The highest BCUT2D eigenvalue weighted by atomic mass is 16.1. The van der Waals surface area contributed by atoms with Gasteiger partial charge in [0.05, 0.1) is 5.56 Å². The van der Waals surface area contributed by atoms with E-state index in [9.17, 15) is 4.79 Å². The Labute approximate surface area is 108 Å². The molecular weight excluding hydrogens is 226 g/mol. The maximum Gasteiger partial charge on any atom is 0.250 e. The molecule has 0 aromatic heterocycles. The van der Waals surface area contributed by atoms with Crippen LogP contribution >= 0.6 is 0 Å². The number of carbonyl (C=O) groups is 1. The van der Waals surface area contributed by atoms with Crippen molar-refractivity contribution in [1.29, 1.82) is 0 Å². The third kappa shape index (κ3) is 3.15. The van der Waals surface area contributed by atoms with Gasteiger partial charge in [-0.05, 0) is 37.0 Å². The first-order valence-corrected chi connectivity index (χ1v) is 6.56. The quantitative estimate of drug-likeness (QED) is 0.675. The van der Waals surface area contributed by atoms with E-state index in [1.54, 1.807) is 12.1 Å². The summed E-state index contributed by atoms with van der Waals surface area (Å²) in [6.07, 6.45) is 4.98. The topological polar surface area (TPSA) is 81.1 Å². The molecule has 18 heavy (non-hydrogen) atoms. The highest BCUT2D eigenvalue weighted by molar-refractivity contribution is 5.98. The zero-order valence-corrected chi connectivity index (χ0v) is 10.8. The zero-order valence-electron chi connectivity index (χ0n) is 10.8. The first-order valence-electron chi connectivity index (χ1n) is 6.56. The second-order valence-corrected chi connectivity index (χ2v) is 5.09. The maximum atomic E-state index is 11.2. The number of carbonyl (C=O) groups excluding carboxylic acids is 1. The van der Waals surface area contributed by atoms with Crippen LogP contribution in [0.25, 0.3) is 0 Å². The molecule has 1 fully saturated rings. The number of anilines is 2. The lowest BCUT2D eigenvalue weighted by Gasteiger charge is -2.18. The molecule has 5 N–H and O–H groups in total. The average molecular weight is 247 g/mol. The van der Waals surface area contributed by atoms with Crippen molar-refractivity contribution in [3.63, 3.8) is 0 Å². The van der Waals surface area contributed by atoms with Gasteiger partial charge in [-0.3, -0.25) is 4.79 Å². The fraction of sp³-hybridized carbons (Fsp3) is 0.500. The number of nitrogens with two attached hydrogens (primary N) is 2. The number of hydrogen-bond donors (Lipinski definition) is 3. The third-order valence-electron chi connectivity index (χ3n) is 3.50. The molecule has 1 amide bonds. The van der Waals surface area contributed by atoms with E-state index in [0.29, 0.717) is 17.3 Å². The fourth-order valence-corrected chi connectivity index (χ4v) is 2.18. The van der Waals surface area contributed by atoms with Crippen LogP contribution in [0.4, 0.5) is 11.4 Å². The van der Waals surface area contributed by atoms with Crippen LogP contribution in [0.5, 0.6) is 0 Å². The minimum atomic E-state index is -0.480. The van der Waals surface area contributed by atoms with Gasteiger partial charge in [0.15, 0.2) is 0 Å². The van der Waals surface area contributed by atoms with Gasteiger partial charge >= 0.3 is 0 Å². The first kappa shape index (κ1) is 12.7. The lowest BCUT2D eigenvalue weighted by atomic mass is 10.1. The maximum absolute atomic E-state index is 11.2. The Balaban J connectivity index is 2.07. The summed E-state index contributed by atoms with van der Waals surface area (Å²) in [6, 6.07) is 5.83. The molecule has 1 aliphatic rings. The molecule has 0 radical (unpaired) electrons. The number of hydrogen-bond acceptors (Lipinski definition) is 3. The monoisotopic (exact) mass is 247 g/mol. The molecule has 0 aliphatic heterocycles. The van der Waals surface area contributed by atoms with Crippen molar-refractivity contribution >= 4 is 17.3 Å². The smallest absolute Gasteiger partial charge is 0.250 e. The molecule has 1 aromatic carbocycles. The summed E-state index contributed by atoms with van der Waals surface area (Å²) in [5.41, 5.74) is 12.8. The molecule has 2 rings (SSSR count). The summed E-state index contributed by atoms with van der Waals surface area (Å²) in [6.45, 7) is 2.17. The Morgan fingerprint density at radius 1 is 1.50 bits per heavy atom. The van der Waals surface area contributed by atoms with Crippen molar-refractivity contribution in [2.75, 3.05) is 11.1 Å². The lowest BCUT2D eigenvalue weighted by molar-refractivity contribution is 0.100. The number of rotatable bonds is 6. The fourth-order valence-electron chi connectivity index (χ4n) is 2.18. The van der Waals surface area contributed by atoms with E-state index in [2.05, 4.69) is 12.2 Å². The van der Waals surface area contributed by atoms with Gasteiger partial charge in [0.1, 0.15) is 0 Å². The Kier molecular flexibility index (Phi) is 3.75. The molecule has 1 saturated carbocycles. The predicted octanol–water partition coefficient (Wildman–Crippen LogP) is 2.36. The van der Waals surface area contributed by atoms with Crippen LogP contribution in [0, 0.1) is 5.92 Å². The van der Waals surface area contributed by atoms with Crippen molar-refractivity contribution in [1.82, 2.24) is 0 Å². The molecule has 98 valence electrons. The van der Waals surface area contributed by atoms with Crippen molar-refractivity contribution in [2.45, 2.75) is 38.6 Å². The van der Waals surface area contributed by atoms with Crippen LogP contribution in [0.2, 0.25) is 0 Å². The highest BCUT2D eigenvalue weighted by Crippen LogP contribution is 2.35. The summed E-state index contributed by atoms with van der Waals surface area (Å²) in [5.74, 6) is 0.401. The molecule has 0 spiro atoms. The summed E-state index contributed by atoms with van der Waals surface area (Å²) in [7, 11) is 0. The van der Waals surface area contributed by atoms with E-state index < -0.39 is 5.91 Å². The SMILES string of the molecule is CCC(CC1CC1)Nc1ccc(N)c(C(N)=O)c1. The number of benzene rings is 1. The van der Waals surface area contributed by atoms with Crippen LogP contribution in [0.15, 0.2) is 18.2 Å². The van der Waals surface area contributed by atoms with Gasteiger partial charge in [0, 0.05) is 17.4 Å². The molecule has 0 bridgehead atoms. The molecular formula is C14H21N3O. The van der Waals surface area contributed by atoms with Crippen LogP contribution < -0.4 is 16.8 Å². The Morgan fingerprint density at radius 3 is 2.78 bits per heavy atom. The second-order valence-electron chi connectivity index (χ2n) is 5.09. The number of primary amides is 1. The molecule has 0 heterocycles. The van der Waals surface area contributed by atoms with E-state index >= 15 is 0 Å². The third-order valence-corrected chi connectivity index (χ3v) is 3.50. The average Bonchev–Trinajstić information content (AvgIpc) is 3.14. The van der Waals surface area contributed by atoms with Crippen molar-refractivity contribution in [3.8, 4) is 0 Å². The molecule has 4 nitrogen and oxygen atoms in total. The van der Waals surface area contributed by atoms with E-state index in [0.717, 1.165) is 18.0 Å². The van der Waals surface area contributed by atoms with Gasteiger partial charge in [-0.15, -0.1) is 0 Å². The van der Waals surface area contributed by atoms with E-state index in [4.69, 9.17) is 11.5 Å². The van der Waals surface area contributed by atoms with Gasteiger partial charge in [0.2, 0.25) is 0 Å². The van der Waals surface area contributed by atoms with Crippen LogP contribution in [-0.4, -0.2) is 11.9 Å². The van der Waals surface area contributed by atoms with Gasteiger partial charge in [-0.2, -0.15) is 0 Å². The Bertz CT molecular complexity index is 441. The summed E-state index contributed by atoms with van der Waals surface area (Å²) in [5, 5.41) is 3.46. The molecule has 1 aliphatic carbocycles. The second kappa shape index (κ2) is 5.29. The molecule has 0 saturated heterocycles. The van der Waals surface area contributed by atoms with E-state index in [1.807, 2.05) is 6.07 Å².